The van der Waals surface area contributed by atoms with Gasteiger partial charge in [-0.25, -0.2) is 0 Å². The van der Waals surface area contributed by atoms with Crippen molar-refractivity contribution in [3.8, 4) is 11.1 Å². The number of rotatable bonds is 4. The Labute approximate surface area is 167 Å². The van der Waals surface area contributed by atoms with Crippen LogP contribution in [0.15, 0.2) is 42.5 Å². The van der Waals surface area contributed by atoms with Gasteiger partial charge in [0.25, 0.3) is 0 Å². The third-order valence-electron chi connectivity index (χ3n) is 6.74. The first-order valence-electron chi connectivity index (χ1n) is 10.3. The van der Waals surface area contributed by atoms with Crippen molar-refractivity contribution in [3.63, 3.8) is 0 Å². The van der Waals surface area contributed by atoms with E-state index in [-0.39, 0.29) is 11.3 Å². The summed E-state index contributed by atoms with van der Waals surface area (Å²) < 4.78 is 5.68. The van der Waals surface area contributed by atoms with E-state index in [2.05, 4.69) is 43.9 Å². The smallest absolute Gasteiger partial charge is 0.248 e. The number of anilines is 1. The second-order valence-electron chi connectivity index (χ2n) is 8.68. The third-order valence-corrected chi connectivity index (χ3v) is 6.74. The highest BCUT2D eigenvalue weighted by Gasteiger charge is 2.45. The van der Waals surface area contributed by atoms with Crippen LogP contribution in [0.25, 0.3) is 11.1 Å². The number of hydrogen-bond donors (Lipinski definition) is 1. The van der Waals surface area contributed by atoms with Crippen molar-refractivity contribution in [2.45, 2.75) is 45.1 Å². The van der Waals surface area contributed by atoms with E-state index in [0.717, 1.165) is 43.7 Å². The predicted octanol–water partition coefficient (Wildman–Crippen LogP) is 4.37. The molecule has 2 aromatic rings. The fourth-order valence-electron chi connectivity index (χ4n) is 4.66. The average Bonchev–Trinajstić information content (AvgIpc) is 3.01. The molecular weight excluding hydrogens is 348 g/mol. The molecule has 1 unspecified atom stereocenters. The predicted molar refractivity (Wildman–Crippen MR) is 114 cm³/mol. The summed E-state index contributed by atoms with van der Waals surface area (Å²) in [5, 5.41) is 0. The van der Waals surface area contributed by atoms with E-state index in [0.29, 0.717) is 17.5 Å². The Balaban J connectivity index is 1.79. The van der Waals surface area contributed by atoms with Crippen LogP contribution in [0.3, 0.4) is 0 Å². The molecule has 0 saturated carbocycles. The molecule has 1 fully saturated rings. The van der Waals surface area contributed by atoms with Crippen molar-refractivity contribution in [1.82, 2.24) is 0 Å². The van der Waals surface area contributed by atoms with Gasteiger partial charge >= 0.3 is 0 Å². The van der Waals surface area contributed by atoms with Gasteiger partial charge in [-0.3, -0.25) is 4.79 Å². The molecule has 0 radical (unpaired) electrons. The number of carbonyl (C=O) groups is 1. The van der Waals surface area contributed by atoms with Crippen LogP contribution in [0.4, 0.5) is 5.69 Å². The van der Waals surface area contributed by atoms with Gasteiger partial charge in [0.2, 0.25) is 5.91 Å². The Morgan fingerprint density at radius 1 is 1.07 bits per heavy atom. The highest BCUT2D eigenvalue weighted by Crippen LogP contribution is 2.49. The van der Waals surface area contributed by atoms with Gasteiger partial charge in [0.05, 0.1) is 0 Å². The van der Waals surface area contributed by atoms with E-state index in [1.165, 1.54) is 11.3 Å². The SMILES string of the molecule is CC(C)C(C)N1CC2(CCOCC2)c2ccc(-c3cccc(C(N)=O)c3)cc21. The maximum absolute atomic E-state index is 11.6. The number of benzene rings is 2. The van der Waals surface area contributed by atoms with Crippen molar-refractivity contribution in [3.05, 3.63) is 53.6 Å². The maximum Gasteiger partial charge on any atom is 0.248 e. The summed E-state index contributed by atoms with van der Waals surface area (Å²) in [4.78, 5) is 14.2. The molecule has 0 bridgehead atoms. The van der Waals surface area contributed by atoms with Crippen LogP contribution in [0.2, 0.25) is 0 Å². The average molecular weight is 379 g/mol. The van der Waals surface area contributed by atoms with Crippen LogP contribution < -0.4 is 10.6 Å². The second kappa shape index (κ2) is 7.25. The van der Waals surface area contributed by atoms with Gasteiger partial charge in [-0.1, -0.05) is 38.1 Å². The van der Waals surface area contributed by atoms with Crippen molar-refractivity contribution < 1.29 is 9.53 Å². The first kappa shape index (κ1) is 19.0. The summed E-state index contributed by atoms with van der Waals surface area (Å²) in [6.45, 7) is 9.65. The zero-order valence-electron chi connectivity index (χ0n) is 17.1. The van der Waals surface area contributed by atoms with E-state index >= 15 is 0 Å². The lowest BCUT2D eigenvalue weighted by Crippen LogP contribution is -2.43. The molecule has 0 aromatic heterocycles. The summed E-state index contributed by atoms with van der Waals surface area (Å²) in [5.74, 6) is 0.184. The fraction of sp³-hybridized carbons (Fsp3) is 0.458. The molecule has 2 aliphatic heterocycles. The minimum atomic E-state index is -0.390. The summed E-state index contributed by atoms with van der Waals surface area (Å²) in [6, 6.07) is 14.9. The Morgan fingerprint density at radius 3 is 2.46 bits per heavy atom. The van der Waals surface area contributed by atoms with Gasteiger partial charge in [0, 0.05) is 42.5 Å². The molecule has 2 aromatic carbocycles. The number of nitrogens with two attached hydrogens (primary N) is 1. The first-order chi connectivity index (χ1) is 13.4. The van der Waals surface area contributed by atoms with Crippen LogP contribution in [-0.4, -0.2) is 31.7 Å². The summed E-state index contributed by atoms with van der Waals surface area (Å²) in [7, 11) is 0. The lowest BCUT2D eigenvalue weighted by Gasteiger charge is -2.36. The number of amides is 1. The fourth-order valence-corrected chi connectivity index (χ4v) is 4.66. The topological polar surface area (TPSA) is 55.6 Å². The molecule has 4 nitrogen and oxygen atoms in total. The monoisotopic (exact) mass is 378 g/mol. The van der Waals surface area contributed by atoms with Gasteiger partial charge in [0.1, 0.15) is 0 Å². The number of hydrogen-bond acceptors (Lipinski definition) is 3. The molecule has 1 spiro atoms. The van der Waals surface area contributed by atoms with E-state index in [9.17, 15) is 4.79 Å². The number of carbonyl (C=O) groups excluding carboxylic acids is 1. The van der Waals surface area contributed by atoms with Crippen LogP contribution in [-0.2, 0) is 10.2 Å². The zero-order chi connectivity index (χ0) is 19.9. The third kappa shape index (κ3) is 3.20. The van der Waals surface area contributed by atoms with Crippen LogP contribution in [0.5, 0.6) is 0 Å². The summed E-state index contributed by atoms with van der Waals surface area (Å²) in [5.41, 5.74) is 11.2. The quantitative estimate of drug-likeness (QED) is 0.860. The minimum Gasteiger partial charge on any atom is -0.381 e. The standard InChI is InChI=1S/C24H30N2O2/c1-16(2)17(3)26-15-24(9-11-28-12-10-24)21-8-7-19(14-22(21)26)18-5-4-6-20(13-18)23(25)27/h4-8,13-14,16-17H,9-12,15H2,1-3H3,(H2,25,27). The van der Waals surface area contributed by atoms with E-state index < -0.39 is 0 Å². The van der Waals surface area contributed by atoms with Crippen molar-refractivity contribution >= 4 is 11.6 Å². The number of nitrogens with zero attached hydrogens (tertiary/aromatic N) is 1. The molecule has 28 heavy (non-hydrogen) atoms. The van der Waals surface area contributed by atoms with Crippen molar-refractivity contribution in [2.24, 2.45) is 11.7 Å². The number of ether oxygens (including phenoxy) is 1. The maximum atomic E-state index is 11.6. The molecule has 4 heteroatoms. The summed E-state index contributed by atoms with van der Waals surface area (Å²) in [6.07, 6.45) is 2.16. The number of primary amides is 1. The van der Waals surface area contributed by atoms with Crippen LogP contribution in [0.1, 0.15) is 49.5 Å². The van der Waals surface area contributed by atoms with Crippen LogP contribution in [0, 0.1) is 5.92 Å². The van der Waals surface area contributed by atoms with Crippen LogP contribution >= 0.6 is 0 Å². The van der Waals surface area contributed by atoms with Gasteiger partial charge in [-0.2, -0.15) is 0 Å². The lowest BCUT2D eigenvalue weighted by atomic mass is 9.75. The van der Waals surface area contributed by atoms with E-state index in [1.54, 1.807) is 6.07 Å². The normalized spacial score (nSPS) is 19.1. The van der Waals surface area contributed by atoms with E-state index in [1.807, 2.05) is 18.2 Å². The summed E-state index contributed by atoms with van der Waals surface area (Å²) >= 11 is 0. The highest BCUT2D eigenvalue weighted by atomic mass is 16.5. The van der Waals surface area contributed by atoms with E-state index in [4.69, 9.17) is 10.5 Å². The first-order valence-corrected chi connectivity index (χ1v) is 10.3. The molecule has 2 N–H and O–H groups in total. The molecule has 0 aliphatic carbocycles. The molecule has 1 atom stereocenters. The minimum absolute atomic E-state index is 0.199. The van der Waals surface area contributed by atoms with Gasteiger partial charge in [-0.05, 0) is 60.6 Å². The second-order valence-corrected chi connectivity index (χ2v) is 8.68. The largest absolute Gasteiger partial charge is 0.381 e. The Morgan fingerprint density at radius 2 is 1.79 bits per heavy atom. The Bertz CT molecular complexity index is 884. The molecule has 4 rings (SSSR count). The van der Waals surface area contributed by atoms with Gasteiger partial charge in [0.15, 0.2) is 0 Å². The molecule has 2 heterocycles. The molecule has 1 saturated heterocycles. The van der Waals surface area contributed by atoms with Crippen molar-refractivity contribution in [2.75, 3.05) is 24.7 Å². The van der Waals surface area contributed by atoms with Crippen molar-refractivity contribution in [1.29, 1.82) is 0 Å². The highest BCUT2D eigenvalue weighted by molar-refractivity contribution is 5.94. The lowest BCUT2D eigenvalue weighted by molar-refractivity contribution is 0.0548. The Hall–Kier alpha value is -2.33. The number of fused-ring (bicyclic) bond motifs is 2. The molecule has 1 amide bonds. The zero-order valence-corrected chi connectivity index (χ0v) is 17.1. The van der Waals surface area contributed by atoms with Gasteiger partial charge < -0.3 is 15.4 Å². The Kier molecular flexibility index (Phi) is 4.92. The molecule has 148 valence electrons. The molecule has 2 aliphatic rings. The molecular formula is C24H30N2O2. The van der Waals surface area contributed by atoms with Gasteiger partial charge in [-0.15, -0.1) is 0 Å².